The molecule has 1 heterocycles. The van der Waals surface area contributed by atoms with E-state index in [1.165, 1.54) is 22.5 Å². The van der Waals surface area contributed by atoms with Crippen molar-refractivity contribution in [1.29, 1.82) is 0 Å². The molecule has 0 spiro atoms. The van der Waals surface area contributed by atoms with E-state index in [4.69, 9.17) is 0 Å². The Kier molecular flexibility index (Phi) is 6.96. The molecule has 0 aromatic heterocycles. The lowest BCUT2D eigenvalue weighted by Gasteiger charge is -2.31. The molecule has 1 saturated heterocycles. The Balaban J connectivity index is 0.00000261. The van der Waals surface area contributed by atoms with Crippen molar-refractivity contribution >= 4 is 31.6 Å². The minimum Gasteiger partial charge on any atom is -1.00 e. The molecule has 1 aliphatic rings. The maximum absolute atomic E-state index is 12.9. The van der Waals surface area contributed by atoms with Crippen molar-refractivity contribution in [2.75, 3.05) is 26.2 Å². The van der Waals surface area contributed by atoms with Crippen molar-refractivity contribution in [2.24, 2.45) is 0 Å². The fourth-order valence-corrected chi connectivity index (χ4v) is 4.66. The number of hydrogen-bond donors (Lipinski definition) is 1. The number of benzene rings is 2. The Hall–Kier alpha value is -1.13. The predicted molar refractivity (Wildman–Crippen MR) is 94.7 cm³/mol. The first-order valence-electron chi connectivity index (χ1n) is 7.96. The van der Waals surface area contributed by atoms with Gasteiger partial charge in [0.15, 0.2) is 0 Å². The van der Waals surface area contributed by atoms with Gasteiger partial charge in [-0.3, -0.25) is 0 Å². The summed E-state index contributed by atoms with van der Waals surface area (Å²) >= 11 is 3.27. The number of nitrogens with zero attached hydrogens (tertiary/aromatic N) is 1. The average Bonchev–Trinajstić information content (AvgIpc) is 2.62. The monoisotopic (exact) mass is 484 g/mol. The second kappa shape index (κ2) is 8.48. The SMILES string of the molecule is O=S(=O)(c1ccc(Br)cc1)N1CC[NH+](c2cccc(C(F)(F)F)c2)CC1.[Cl-]. The molecule has 0 saturated carbocycles. The highest BCUT2D eigenvalue weighted by Gasteiger charge is 2.34. The number of halogens is 5. The van der Waals surface area contributed by atoms with Crippen LogP contribution in [0.4, 0.5) is 18.9 Å². The van der Waals surface area contributed by atoms with Crippen molar-refractivity contribution in [1.82, 2.24) is 4.31 Å². The highest BCUT2D eigenvalue weighted by molar-refractivity contribution is 9.10. The summed E-state index contributed by atoms with van der Waals surface area (Å²) in [6.45, 7) is 1.34. The van der Waals surface area contributed by atoms with Gasteiger partial charge in [0.25, 0.3) is 0 Å². The van der Waals surface area contributed by atoms with Gasteiger partial charge < -0.3 is 17.3 Å². The zero-order chi connectivity index (χ0) is 18.9. The van der Waals surface area contributed by atoms with Crippen LogP contribution in [-0.2, 0) is 16.2 Å². The summed E-state index contributed by atoms with van der Waals surface area (Å²) in [5.41, 5.74) is -0.159. The number of piperazine rings is 1. The van der Waals surface area contributed by atoms with Gasteiger partial charge in [0.05, 0.1) is 36.6 Å². The van der Waals surface area contributed by atoms with Crippen molar-refractivity contribution in [3.05, 3.63) is 58.6 Å². The molecule has 0 bridgehead atoms. The first-order chi connectivity index (χ1) is 12.2. The van der Waals surface area contributed by atoms with Gasteiger partial charge in [-0.1, -0.05) is 22.0 Å². The quantitative estimate of drug-likeness (QED) is 0.648. The number of alkyl halides is 3. The van der Waals surface area contributed by atoms with Gasteiger partial charge >= 0.3 is 6.18 Å². The van der Waals surface area contributed by atoms with Gasteiger partial charge in [-0.05, 0) is 36.4 Å². The highest BCUT2D eigenvalue weighted by atomic mass is 79.9. The Morgan fingerprint density at radius 2 is 1.59 bits per heavy atom. The normalized spacial score (nSPS) is 16.7. The van der Waals surface area contributed by atoms with Gasteiger partial charge in [-0.15, -0.1) is 0 Å². The van der Waals surface area contributed by atoms with Crippen molar-refractivity contribution in [3.8, 4) is 0 Å². The van der Waals surface area contributed by atoms with Gasteiger partial charge in [0.2, 0.25) is 10.0 Å². The maximum atomic E-state index is 12.9. The summed E-state index contributed by atoms with van der Waals surface area (Å²) in [7, 11) is -3.60. The standard InChI is InChI=1S/C17H16BrF3N2O2S.ClH/c18-14-4-6-16(7-5-14)26(24,25)23-10-8-22(9-11-23)15-3-1-2-13(12-15)17(19,20)21;/h1-7,12H,8-11H2;1H. The second-order valence-electron chi connectivity index (χ2n) is 6.04. The Labute approximate surface area is 170 Å². The molecule has 1 aliphatic heterocycles. The minimum absolute atomic E-state index is 0. The van der Waals surface area contributed by atoms with Crippen LogP contribution in [0, 0.1) is 0 Å². The molecule has 10 heteroatoms. The first kappa shape index (κ1) is 22.2. The lowest BCUT2D eigenvalue weighted by atomic mass is 10.1. The van der Waals surface area contributed by atoms with E-state index in [2.05, 4.69) is 15.9 Å². The smallest absolute Gasteiger partial charge is 0.416 e. The van der Waals surface area contributed by atoms with Crippen LogP contribution < -0.4 is 17.3 Å². The molecular weight excluding hydrogens is 469 g/mol. The third kappa shape index (κ3) is 5.03. The van der Waals surface area contributed by atoms with E-state index in [1.807, 2.05) is 0 Å². The van der Waals surface area contributed by atoms with Gasteiger partial charge in [-0.2, -0.15) is 17.5 Å². The Morgan fingerprint density at radius 3 is 2.15 bits per heavy atom. The van der Waals surface area contributed by atoms with Crippen LogP contribution in [0.15, 0.2) is 57.9 Å². The molecule has 0 radical (unpaired) electrons. The van der Waals surface area contributed by atoms with E-state index in [1.54, 1.807) is 18.2 Å². The molecule has 2 aromatic rings. The number of rotatable bonds is 3. The molecule has 27 heavy (non-hydrogen) atoms. The molecule has 1 fully saturated rings. The van der Waals surface area contributed by atoms with Crippen LogP contribution in [0.2, 0.25) is 0 Å². The maximum Gasteiger partial charge on any atom is 0.416 e. The van der Waals surface area contributed by atoms with Crippen LogP contribution in [0.25, 0.3) is 0 Å². The van der Waals surface area contributed by atoms with Crippen LogP contribution in [0.1, 0.15) is 5.56 Å². The van der Waals surface area contributed by atoms with Gasteiger partial charge in [-0.25, -0.2) is 8.42 Å². The minimum atomic E-state index is -4.39. The third-order valence-electron chi connectivity index (χ3n) is 4.38. The molecule has 4 nitrogen and oxygen atoms in total. The molecular formula is C17H17BrClF3N2O2S. The summed E-state index contributed by atoms with van der Waals surface area (Å²) in [5.74, 6) is 0. The largest absolute Gasteiger partial charge is 1.00 e. The van der Waals surface area contributed by atoms with E-state index in [0.29, 0.717) is 18.8 Å². The Morgan fingerprint density at radius 1 is 1.00 bits per heavy atom. The average molecular weight is 486 g/mol. The highest BCUT2D eigenvalue weighted by Crippen LogP contribution is 2.30. The summed E-state index contributed by atoms with van der Waals surface area (Å²) < 4.78 is 66.1. The zero-order valence-corrected chi connectivity index (χ0v) is 17.2. The zero-order valence-electron chi connectivity index (χ0n) is 14.0. The second-order valence-corrected chi connectivity index (χ2v) is 8.89. The fraction of sp³-hybridized carbons (Fsp3) is 0.294. The molecule has 0 atom stereocenters. The predicted octanol–water partition coefficient (Wildman–Crippen LogP) is -0.307. The summed E-state index contributed by atoms with van der Waals surface area (Å²) in [6, 6.07) is 11.6. The van der Waals surface area contributed by atoms with Crippen LogP contribution in [0.3, 0.4) is 0 Å². The first-order valence-corrected chi connectivity index (χ1v) is 10.2. The number of quaternary nitrogens is 1. The molecule has 148 valence electrons. The third-order valence-corrected chi connectivity index (χ3v) is 6.82. The number of nitrogens with one attached hydrogen (secondary N) is 1. The molecule has 3 rings (SSSR count). The molecule has 2 aromatic carbocycles. The number of sulfonamides is 1. The van der Waals surface area contributed by atoms with Crippen LogP contribution in [0.5, 0.6) is 0 Å². The molecule has 0 aliphatic carbocycles. The topological polar surface area (TPSA) is 41.8 Å². The van der Waals surface area contributed by atoms with Crippen LogP contribution in [-0.4, -0.2) is 38.9 Å². The molecule has 0 unspecified atom stereocenters. The Bertz CT molecular complexity index is 884. The summed E-state index contributed by atoms with van der Waals surface area (Å²) in [5, 5.41) is 0. The van der Waals surface area contributed by atoms with Gasteiger partial charge in [0.1, 0.15) is 5.69 Å². The van der Waals surface area contributed by atoms with Crippen molar-refractivity contribution in [2.45, 2.75) is 11.1 Å². The van der Waals surface area contributed by atoms with E-state index < -0.39 is 21.8 Å². The fourth-order valence-electron chi connectivity index (χ4n) is 2.96. The van der Waals surface area contributed by atoms with E-state index in [9.17, 15) is 21.6 Å². The summed E-state index contributed by atoms with van der Waals surface area (Å²) in [6.07, 6.45) is -4.39. The molecule has 0 amide bonds. The van der Waals surface area contributed by atoms with Crippen molar-refractivity contribution in [3.63, 3.8) is 0 Å². The molecule has 1 N–H and O–H groups in total. The van der Waals surface area contributed by atoms with Crippen molar-refractivity contribution < 1.29 is 38.9 Å². The van der Waals surface area contributed by atoms with E-state index in [-0.39, 0.29) is 30.4 Å². The van der Waals surface area contributed by atoms with E-state index in [0.717, 1.165) is 21.5 Å². The van der Waals surface area contributed by atoms with Gasteiger partial charge in [0, 0.05) is 10.5 Å². The number of hydrogen-bond acceptors (Lipinski definition) is 2. The van der Waals surface area contributed by atoms with E-state index >= 15 is 0 Å². The lowest BCUT2D eigenvalue weighted by Crippen LogP contribution is -3.10. The summed E-state index contributed by atoms with van der Waals surface area (Å²) in [4.78, 5) is 1.06. The lowest BCUT2D eigenvalue weighted by molar-refractivity contribution is -0.837. The van der Waals surface area contributed by atoms with Crippen LogP contribution >= 0.6 is 15.9 Å².